The van der Waals surface area contributed by atoms with Gasteiger partial charge >= 0.3 is 0 Å². The van der Waals surface area contributed by atoms with Gasteiger partial charge in [-0.3, -0.25) is 9.36 Å². The number of hydrogen-bond acceptors (Lipinski definition) is 4. The van der Waals surface area contributed by atoms with Crippen molar-refractivity contribution in [2.24, 2.45) is 5.14 Å². The first-order chi connectivity index (χ1) is 11.9. The topological polar surface area (TPSA) is 91.4 Å². The Morgan fingerprint density at radius 3 is 2.28 bits per heavy atom. The van der Waals surface area contributed by atoms with Crippen LogP contribution < -0.4 is 15.4 Å². The number of primary sulfonamides is 1. The number of sulfonamides is 1. The van der Waals surface area contributed by atoms with Crippen molar-refractivity contribution in [3.05, 3.63) is 77.2 Å². The Kier molecular flexibility index (Phi) is 4.43. The molecule has 0 saturated heterocycles. The van der Waals surface area contributed by atoms with Crippen molar-refractivity contribution >= 4 is 10.0 Å². The van der Waals surface area contributed by atoms with Gasteiger partial charge in [-0.05, 0) is 41.5 Å². The molecule has 0 atom stereocenters. The fourth-order valence-corrected chi connectivity index (χ4v) is 2.97. The van der Waals surface area contributed by atoms with E-state index >= 15 is 0 Å². The molecule has 0 aliphatic heterocycles. The van der Waals surface area contributed by atoms with Crippen LogP contribution in [-0.4, -0.2) is 20.1 Å². The van der Waals surface area contributed by atoms with E-state index in [1.807, 2.05) is 0 Å². The van der Waals surface area contributed by atoms with Gasteiger partial charge in [0, 0.05) is 18.3 Å². The molecule has 6 nitrogen and oxygen atoms in total. The molecule has 3 rings (SSSR count). The molecule has 128 valence electrons. The van der Waals surface area contributed by atoms with Crippen LogP contribution in [0.2, 0.25) is 0 Å². The first-order valence-electron chi connectivity index (χ1n) is 7.39. The fraction of sp³-hybridized carbons (Fsp3) is 0.0556. The van der Waals surface area contributed by atoms with Crippen molar-refractivity contribution in [1.29, 1.82) is 0 Å². The van der Waals surface area contributed by atoms with Crippen LogP contribution in [-0.2, 0) is 10.0 Å². The van der Waals surface area contributed by atoms with Gasteiger partial charge in [-0.15, -0.1) is 0 Å². The number of benzene rings is 2. The Hall–Kier alpha value is -2.90. The first kappa shape index (κ1) is 16.9. The van der Waals surface area contributed by atoms with Gasteiger partial charge in [-0.2, -0.15) is 0 Å². The number of pyridine rings is 1. The van der Waals surface area contributed by atoms with Gasteiger partial charge in [0.1, 0.15) is 5.75 Å². The average Bonchev–Trinajstić information content (AvgIpc) is 2.61. The highest BCUT2D eigenvalue weighted by atomic mass is 32.2. The second-order valence-corrected chi connectivity index (χ2v) is 6.96. The molecule has 1 heterocycles. The quantitative estimate of drug-likeness (QED) is 0.775. The zero-order chi connectivity index (χ0) is 18.0. The summed E-state index contributed by atoms with van der Waals surface area (Å²) in [5, 5.41) is 5.11. The summed E-state index contributed by atoms with van der Waals surface area (Å²) >= 11 is 0. The third-order valence-electron chi connectivity index (χ3n) is 3.76. The zero-order valence-electron chi connectivity index (χ0n) is 13.4. The van der Waals surface area contributed by atoms with Crippen molar-refractivity contribution < 1.29 is 13.2 Å². The molecule has 7 heteroatoms. The number of ether oxygens (including phenoxy) is 1. The number of rotatable bonds is 4. The van der Waals surface area contributed by atoms with E-state index < -0.39 is 10.0 Å². The Morgan fingerprint density at radius 1 is 0.960 bits per heavy atom. The molecule has 2 N–H and O–H groups in total. The van der Waals surface area contributed by atoms with E-state index in [2.05, 4.69) is 0 Å². The minimum absolute atomic E-state index is 0.0392. The van der Waals surface area contributed by atoms with Gasteiger partial charge in [-0.1, -0.05) is 18.2 Å². The average molecular weight is 356 g/mol. The van der Waals surface area contributed by atoms with Crippen LogP contribution >= 0.6 is 0 Å². The summed E-state index contributed by atoms with van der Waals surface area (Å²) in [6.07, 6.45) is 1.70. The lowest BCUT2D eigenvalue weighted by molar-refractivity contribution is 0.414. The van der Waals surface area contributed by atoms with Crippen molar-refractivity contribution in [1.82, 2.24) is 4.57 Å². The molecule has 0 aliphatic rings. The molecular weight excluding hydrogens is 340 g/mol. The summed E-state index contributed by atoms with van der Waals surface area (Å²) < 4.78 is 29.4. The van der Waals surface area contributed by atoms with Crippen LogP contribution in [0.5, 0.6) is 5.75 Å². The van der Waals surface area contributed by atoms with E-state index in [1.165, 1.54) is 22.8 Å². The molecule has 25 heavy (non-hydrogen) atoms. The van der Waals surface area contributed by atoms with E-state index in [-0.39, 0.29) is 10.5 Å². The Bertz CT molecular complexity index is 1070. The van der Waals surface area contributed by atoms with Gasteiger partial charge < -0.3 is 4.74 Å². The number of nitrogens with zero attached hydrogens (tertiary/aromatic N) is 1. The highest BCUT2D eigenvalue weighted by Gasteiger charge is 2.09. The Morgan fingerprint density at radius 2 is 1.64 bits per heavy atom. The minimum Gasteiger partial charge on any atom is -0.497 e. The summed E-state index contributed by atoms with van der Waals surface area (Å²) in [6, 6.07) is 16.5. The van der Waals surface area contributed by atoms with Gasteiger partial charge in [0.2, 0.25) is 10.0 Å². The molecule has 0 saturated carbocycles. The van der Waals surface area contributed by atoms with Crippen molar-refractivity contribution in [2.45, 2.75) is 4.90 Å². The zero-order valence-corrected chi connectivity index (χ0v) is 14.2. The number of methoxy groups -OCH3 is 1. The SMILES string of the molecule is COc1cccc(-n2cc(-c3ccc(S(N)(=O)=O)cc3)ccc2=O)c1. The Balaban J connectivity index is 2.06. The van der Waals surface area contributed by atoms with Gasteiger partial charge in [0.05, 0.1) is 17.7 Å². The number of hydrogen-bond donors (Lipinski definition) is 1. The van der Waals surface area contributed by atoms with E-state index in [0.717, 1.165) is 11.1 Å². The van der Waals surface area contributed by atoms with Crippen LogP contribution in [0.15, 0.2) is 76.6 Å². The molecule has 2 aromatic carbocycles. The van der Waals surface area contributed by atoms with E-state index in [4.69, 9.17) is 9.88 Å². The van der Waals surface area contributed by atoms with Gasteiger partial charge in [0.15, 0.2) is 0 Å². The summed E-state index contributed by atoms with van der Waals surface area (Å²) in [5.74, 6) is 0.646. The predicted molar refractivity (Wildman–Crippen MR) is 95.4 cm³/mol. The summed E-state index contributed by atoms with van der Waals surface area (Å²) in [5.41, 5.74) is 2.03. The van der Waals surface area contributed by atoms with Crippen LogP contribution in [0.1, 0.15) is 0 Å². The molecule has 0 spiro atoms. The van der Waals surface area contributed by atoms with Crippen LogP contribution in [0.3, 0.4) is 0 Å². The number of aromatic nitrogens is 1. The maximum atomic E-state index is 12.2. The minimum atomic E-state index is -3.74. The van der Waals surface area contributed by atoms with E-state index in [1.54, 1.807) is 55.8 Å². The van der Waals surface area contributed by atoms with Crippen molar-refractivity contribution in [3.63, 3.8) is 0 Å². The van der Waals surface area contributed by atoms with Crippen LogP contribution in [0.25, 0.3) is 16.8 Å². The highest BCUT2D eigenvalue weighted by molar-refractivity contribution is 7.89. The maximum absolute atomic E-state index is 12.2. The lowest BCUT2D eigenvalue weighted by Crippen LogP contribution is -2.16. The summed E-state index contributed by atoms with van der Waals surface area (Å²) in [4.78, 5) is 12.3. The molecule has 0 aliphatic carbocycles. The highest BCUT2D eigenvalue weighted by Crippen LogP contribution is 2.22. The third-order valence-corrected chi connectivity index (χ3v) is 4.69. The largest absolute Gasteiger partial charge is 0.497 e. The molecule has 0 amide bonds. The normalized spacial score (nSPS) is 11.3. The van der Waals surface area contributed by atoms with E-state index in [9.17, 15) is 13.2 Å². The summed E-state index contributed by atoms with van der Waals surface area (Å²) in [7, 11) is -2.18. The second-order valence-electron chi connectivity index (χ2n) is 5.40. The molecule has 0 radical (unpaired) electrons. The number of nitrogens with two attached hydrogens (primary N) is 1. The lowest BCUT2D eigenvalue weighted by atomic mass is 10.1. The van der Waals surface area contributed by atoms with Crippen LogP contribution in [0, 0.1) is 0 Å². The summed E-state index contributed by atoms with van der Waals surface area (Å²) in [6.45, 7) is 0. The van der Waals surface area contributed by atoms with Crippen LogP contribution in [0.4, 0.5) is 0 Å². The first-order valence-corrected chi connectivity index (χ1v) is 8.93. The molecule has 0 bridgehead atoms. The van der Waals surface area contributed by atoms with E-state index in [0.29, 0.717) is 11.4 Å². The van der Waals surface area contributed by atoms with Crippen molar-refractivity contribution in [3.8, 4) is 22.6 Å². The molecule has 3 aromatic rings. The molecule has 1 aromatic heterocycles. The second kappa shape index (κ2) is 6.54. The van der Waals surface area contributed by atoms with Gasteiger partial charge in [0.25, 0.3) is 5.56 Å². The molecular formula is C18H16N2O4S. The fourth-order valence-electron chi connectivity index (χ4n) is 2.46. The lowest BCUT2D eigenvalue weighted by Gasteiger charge is -2.10. The smallest absolute Gasteiger partial charge is 0.255 e. The maximum Gasteiger partial charge on any atom is 0.255 e. The Labute approximate surface area is 145 Å². The standard InChI is InChI=1S/C18H16N2O4S/c1-24-16-4-2-3-15(11-16)20-12-14(7-10-18(20)21)13-5-8-17(9-6-13)25(19,22)23/h2-12H,1H3,(H2,19,22,23). The third kappa shape index (κ3) is 3.62. The monoisotopic (exact) mass is 356 g/mol. The van der Waals surface area contributed by atoms with Gasteiger partial charge in [-0.25, -0.2) is 13.6 Å². The predicted octanol–water partition coefficient (Wildman–Crippen LogP) is 2.16. The molecule has 0 fully saturated rings. The van der Waals surface area contributed by atoms with Crippen molar-refractivity contribution in [2.75, 3.05) is 7.11 Å². The molecule has 0 unspecified atom stereocenters.